The molecule has 29 heavy (non-hydrogen) atoms. The second kappa shape index (κ2) is 14.1. The lowest BCUT2D eigenvalue weighted by molar-refractivity contribution is -0.125. The van der Waals surface area contributed by atoms with Crippen LogP contribution in [0.4, 0.5) is 0 Å². The van der Waals surface area contributed by atoms with Crippen molar-refractivity contribution in [1.29, 1.82) is 0 Å². The summed E-state index contributed by atoms with van der Waals surface area (Å²) in [5.41, 5.74) is 0.974. The van der Waals surface area contributed by atoms with Gasteiger partial charge in [0, 0.05) is 45.6 Å². The van der Waals surface area contributed by atoms with Crippen LogP contribution in [-0.4, -0.2) is 55.1 Å². The van der Waals surface area contributed by atoms with Crippen molar-refractivity contribution in [3.05, 3.63) is 29.8 Å². The summed E-state index contributed by atoms with van der Waals surface area (Å²) in [7, 11) is 1.55. The Bertz CT molecular complexity index is 600. The van der Waals surface area contributed by atoms with Gasteiger partial charge < -0.3 is 25.0 Å². The third-order valence-electron chi connectivity index (χ3n) is 4.99. The molecule has 3 N–H and O–H groups in total. The second-order valence-electron chi connectivity index (χ2n) is 7.37. The average molecular weight is 410 g/mol. The fourth-order valence-electron chi connectivity index (χ4n) is 3.34. The summed E-state index contributed by atoms with van der Waals surface area (Å²) in [4.78, 5) is 24.5. The van der Waals surface area contributed by atoms with E-state index in [-0.39, 0.29) is 56.0 Å². The van der Waals surface area contributed by atoms with E-state index in [0.29, 0.717) is 25.0 Å². The molecule has 0 aliphatic heterocycles. The van der Waals surface area contributed by atoms with Crippen molar-refractivity contribution >= 4 is 11.7 Å². The van der Waals surface area contributed by atoms with Gasteiger partial charge in [-0.1, -0.05) is 25.5 Å². The summed E-state index contributed by atoms with van der Waals surface area (Å²) >= 11 is 0. The van der Waals surface area contributed by atoms with Crippen molar-refractivity contribution in [2.45, 2.75) is 52.0 Å². The van der Waals surface area contributed by atoms with E-state index in [1.807, 2.05) is 31.2 Å². The predicted molar refractivity (Wildman–Crippen MR) is 111 cm³/mol. The van der Waals surface area contributed by atoms with Crippen molar-refractivity contribution in [3.8, 4) is 5.75 Å². The number of methoxy groups -OCH3 is 1. The van der Waals surface area contributed by atoms with Gasteiger partial charge in [0.15, 0.2) is 6.79 Å². The highest BCUT2D eigenvalue weighted by atomic mass is 16.7. The van der Waals surface area contributed by atoms with E-state index in [1.165, 1.54) is 6.92 Å². The molecule has 0 fully saturated rings. The number of ether oxygens (including phenoxy) is 2. The molecule has 3 unspecified atom stereocenters. The minimum Gasteiger partial charge on any atom is -0.468 e. The molecule has 1 aromatic carbocycles. The number of Topliss-reactive ketones (excluding diaryl/α,β-unsaturated/α-hetero) is 1. The summed E-state index contributed by atoms with van der Waals surface area (Å²) < 4.78 is 10.2. The molecule has 3 atom stereocenters. The lowest BCUT2D eigenvalue weighted by atomic mass is 9.85. The Labute approximate surface area is 173 Å². The molecule has 0 spiro atoms. The molecule has 1 rings (SSSR count). The summed E-state index contributed by atoms with van der Waals surface area (Å²) in [6, 6.07) is 7.11. The van der Waals surface area contributed by atoms with Gasteiger partial charge in [-0.25, -0.2) is 0 Å². The summed E-state index contributed by atoms with van der Waals surface area (Å²) in [5, 5.41) is 21.7. The van der Waals surface area contributed by atoms with E-state index in [9.17, 15) is 19.8 Å². The standard InChI is InChI=1S/C22H35NO6/c1-4-17(14-25)11-19(9-10-24)22(27)13-20(23-16(2)26)12-18-5-7-21(8-6-18)29-15-28-3/h5-8,17,19-20,24-25H,4,9-15H2,1-3H3,(H,23,26). The Morgan fingerprint density at radius 1 is 1.17 bits per heavy atom. The number of aliphatic hydroxyl groups excluding tert-OH is 2. The first-order valence-electron chi connectivity index (χ1n) is 10.2. The molecule has 0 aromatic heterocycles. The van der Waals surface area contributed by atoms with Crippen LogP contribution in [0.5, 0.6) is 5.75 Å². The molecular formula is C22H35NO6. The Hall–Kier alpha value is -1.96. The largest absolute Gasteiger partial charge is 0.468 e. The van der Waals surface area contributed by atoms with E-state index >= 15 is 0 Å². The van der Waals surface area contributed by atoms with Gasteiger partial charge in [0.05, 0.1) is 0 Å². The maximum Gasteiger partial charge on any atom is 0.217 e. The Balaban J connectivity index is 2.80. The number of carbonyl (C=O) groups excluding carboxylic acids is 2. The van der Waals surface area contributed by atoms with E-state index in [4.69, 9.17) is 9.47 Å². The van der Waals surface area contributed by atoms with Crippen molar-refractivity contribution < 1.29 is 29.3 Å². The zero-order chi connectivity index (χ0) is 21.6. The third-order valence-corrected chi connectivity index (χ3v) is 4.99. The number of nitrogens with one attached hydrogen (secondary N) is 1. The molecule has 1 amide bonds. The summed E-state index contributed by atoms with van der Waals surface area (Å²) in [6.07, 6.45) is 2.39. The molecule has 0 radical (unpaired) electrons. The SMILES string of the molecule is CCC(CO)CC(CCO)C(=O)CC(Cc1ccc(OCOC)cc1)NC(C)=O. The number of ketones is 1. The fraction of sp³-hybridized carbons (Fsp3) is 0.636. The summed E-state index contributed by atoms with van der Waals surface area (Å²) in [6.45, 7) is 3.52. The van der Waals surface area contributed by atoms with Crippen molar-refractivity contribution in [3.63, 3.8) is 0 Å². The zero-order valence-corrected chi connectivity index (χ0v) is 17.7. The van der Waals surface area contributed by atoms with Crippen LogP contribution in [0.15, 0.2) is 24.3 Å². The Morgan fingerprint density at radius 3 is 2.38 bits per heavy atom. The van der Waals surface area contributed by atoms with Gasteiger partial charge in [-0.3, -0.25) is 9.59 Å². The van der Waals surface area contributed by atoms with Crippen LogP contribution >= 0.6 is 0 Å². The lowest BCUT2D eigenvalue weighted by Gasteiger charge is -2.23. The van der Waals surface area contributed by atoms with Crippen molar-refractivity contribution in [2.75, 3.05) is 27.1 Å². The van der Waals surface area contributed by atoms with Gasteiger partial charge in [0.25, 0.3) is 0 Å². The first kappa shape index (κ1) is 25.1. The normalized spacial score (nSPS) is 14.1. The van der Waals surface area contributed by atoms with Crippen LogP contribution in [0.3, 0.4) is 0 Å². The minimum absolute atomic E-state index is 0.00440. The maximum atomic E-state index is 12.9. The van der Waals surface area contributed by atoms with Gasteiger partial charge in [0.2, 0.25) is 5.91 Å². The highest BCUT2D eigenvalue weighted by Gasteiger charge is 2.25. The monoisotopic (exact) mass is 409 g/mol. The van der Waals surface area contributed by atoms with Gasteiger partial charge in [-0.15, -0.1) is 0 Å². The maximum absolute atomic E-state index is 12.9. The third kappa shape index (κ3) is 9.87. The zero-order valence-electron chi connectivity index (χ0n) is 17.7. The Kier molecular flexibility index (Phi) is 12.2. The number of aliphatic hydroxyl groups is 2. The number of carbonyl (C=O) groups is 2. The highest BCUT2D eigenvalue weighted by molar-refractivity contribution is 5.82. The second-order valence-corrected chi connectivity index (χ2v) is 7.37. The van der Waals surface area contributed by atoms with Crippen molar-refractivity contribution in [1.82, 2.24) is 5.32 Å². The molecule has 0 bridgehead atoms. The molecule has 0 saturated heterocycles. The first-order chi connectivity index (χ1) is 13.9. The first-order valence-corrected chi connectivity index (χ1v) is 10.2. The topological polar surface area (TPSA) is 105 Å². The molecule has 7 nitrogen and oxygen atoms in total. The number of rotatable bonds is 15. The van der Waals surface area contributed by atoms with Crippen LogP contribution < -0.4 is 10.1 Å². The van der Waals surface area contributed by atoms with E-state index in [2.05, 4.69) is 5.32 Å². The van der Waals surface area contributed by atoms with Gasteiger partial charge in [0.1, 0.15) is 11.5 Å². The highest BCUT2D eigenvalue weighted by Crippen LogP contribution is 2.22. The number of hydrogen-bond acceptors (Lipinski definition) is 6. The van der Waals surface area contributed by atoms with E-state index in [0.717, 1.165) is 12.0 Å². The van der Waals surface area contributed by atoms with Crippen LogP contribution in [-0.2, 0) is 20.7 Å². The summed E-state index contributed by atoms with van der Waals surface area (Å²) in [5.74, 6) is 0.209. The Morgan fingerprint density at radius 2 is 1.86 bits per heavy atom. The number of benzene rings is 1. The molecule has 0 aliphatic rings. The smallest absolute Gasteiger partial charge is 0.217 e. The van der Waals surface area contributed by atoms with Gasteiger partial charge >= 0.3 is 0 Å². The average Bonchev–Trinajstić information content (AvgIpc) is 2.70. The quantitative estimate of drug-likeness (QED) is 0.383. The number of amides is 1. The molecule has 0 aliphatic carbocycles. The lowest BCUT2D eigenvalue weighted by Crippen LogP contribution is -2.38. The number of hydrogen-bond donors (Lipinski definition) is 3. The molecule has 1 aromatic rings. The van der Waals surface area contributed by atoms with Gasteiger partial charge in [-0.2, -0.15) is 0 Å². The fourth-order valence-corrected chi connectivity index (χ4v) is 3.34. The van der Waals surface area contributed by atoms with Crippen LogP contribution in [0, 0.1) is 11.8 Å². The molecule has 0 heterocycles. The van der Waals surface area contributed by atoms with Crippen LogP contribution in [0.25, 0.3) is 0 Å². The van der Waals surface area contributed by atoms with Crippen LogP contribution in [0.1, 0.15) is 45.1 Å². The van der Waals surface area contributed by atoms with E-state index in [1.54, 1.807) is 7.11 Å². The predicted octanol–water partition coefficient (Wildman–Crippen LogP) is 2.08. The molecule has 164 valence electrons. The molecule has 7 heteroatoms. The van der Waals surface area contributed by atoms with Gasteiger partial charge in [-0.05, 0) is 42.9 Å². The molecular weight excluding hydrogens is 374 g/mol. The molecule has 0 saturated carbocycles. The van der Waals surface area contributed by atoms with Crippen LogP contribution in [0.2, 0.25) is 0 Å². The minimum atomic E-state index is -0.332. The van der Waals surface area contributed by atoms with E-state index < -0.39 is 0 Å². The van der Waals surface area contributed by atoms with Crippen molar-refractivity contribution in [2.24, 2.45) is 11.8 Å².